The molecule has 0 aliphatic rings. The molecule has 0 aliphatic heterocycles. The van der Waals surface area contributed by atoms with E-state index in [1.165, 1.54) is 12.1 Å². The molecule has 0 amide bonds. The van der Waals surface area contributed by atoms with E-state index >= 15 is 0 Å². The van der Waals surface area contributed by atoms with Crippen LogP contribution in [-0.4, -0.2) is 30.0 Å². The first-order chi connectivity index (χ1) is 14.5. The molecule has 4 rings (SSSR count). The fourth-order valence-corrected chi connectivity index (χ4v) is 4.52. The molecule has 0 spiro atoms. The summed E-state index contributed by atoms with van der Waals surface area (Å²) in [6.45, 7) is 3.70. The molecular weight excluding hydrogens is 431 g/mol. The van der Waals surface area contributed by atoms with Crippen molar-refractivity contribution in [2.24, 2.45) is 4.36 Å². The first-order valence-corrected chi connectivity index (χ1v) is 11.3. The van der Waals surface area contributed by atoms with E-state index in [1.807, 2.05) is 31.2 Å². The van der Waals surface area contributed by atoms with Gasteiger partial charge in [-0.25, -0.2) is 9.19 Å². The third-order valence-corrected chi connectivity index (χ3v) is 5.96. The van der Waals surface area contributed by atoms with Gasteiger partial charge in [-0.05, 0) is 31.5 Å². The highest BCUT2D eigenvalue weighted by Gasteiger charge is 2.38. The molecule has 0 saturated carbocycles. The molecule has 162 valence electrons. The molecule has 3 heterocycles. The molecule has 0 bridgehead atoms. The Morgan fingerprint density at radius 1 is 1.13 bits per heavy atom. The second kappa shape index (κ2) is 7.49. The van der Waals surface area contributed by atoms with Crippen LogP contribution in [0.5, 0.6) is 0 Å². The molecule has 0 saturated heterocycles. The van der Waals surface area contributed by atoms with Gasteiger partial charge in [0.05, 0.1) is 21.2 Å². The third kappa shape index (κ3) is 4.46. The lowest BCUT2D eigenvalue weighted by molar-refractivity contribution is -0.159. The summed E-state index contributed by atoms with van der Waals surface area (Å²) in [6.07, 6.45) is -1.56. The van der Waals surface area contributed by atoms with Gasteiger partial charge in [0.25, 0.3) is 0 Å². The fourth-order valence-electron chi connectivity index (χ4n) is 3.06. The molecule has 0 aliphatic carbocycles. The van der Waals surface area contributed by atoms with E-state index in [9.17, 15) is 17.4 Å². The quantitative estimate of drug-likeness (QED) is 0.440. The van der Waals surface area contributed by atoms with E-state index in [4.69, 9.17) is 0 Å². The van der Waals surface area contributed by atoms with Gasteiger partial charge >= 0.3 is 12.1 Å². The Bertz CT molecular complexity index is 1380. The second-order valence-electron chi connectivity index (χ2n) is 7.27. The number of pyridine rings is 1. The highest BCUT2D eigenvalue weighted by Crippen LogP contribution is 2.30. The van der Waals surface area contributed by atoms with Gasteiger partial charge in [-0.2, -0.15) is 22.5 Å². The Labute approximate surface area is 176 Å². The van der Waals surface area contributed by atoms with Gasteiger partial charge in [-0.15, -0.1) is 0 Å². The van der Waals surface area contributed by atoms with Crippen molar-refractivity contribution >= 4 is 21.2 Å². The zero-order chi connectivity index (χ0) is 22.4. The Morgan fingerprint density at radius 2 is 1.84 bits per heavy atom. The molecule has 11 heteroatoms. The highest BCUT2D eigenvalue weighted by molar-refractivity contribution is 7.92. The van der Waals surface area contributed by atoms with Gasteiger partial charge in [0.2, 0.25) is 5.82 Å². The fraction of sp³-hybridized carbons (Fsp3) is 0.250. The van der Waals surface area contributed by atoms with Crippen molar-refractivity contribution < 1.29 is 21.9 Å². The molecule has 1 aromatic carbocycles. The predicted octanol–water partition coefficient (Wildman–Crippen LogP) is 4.95. The number of aryl methyl sites for hydroxylation is 2. The highest BCUT2D eigenvalue weighted by atomic mass is 32.2. The summed E-state index contributed by atoms with van der Waals surface area (Å²) < 4.78 is 61.6. The maximum Gasteiger partial charge on any atom is 0.471 e. The van der Waals surface area contributed by atoms with Crippen molar-refractivity contribution in [3.05, 3.63) is 65.3 Å². The maximum atomic E-state index is 13.1. The SMILES string of the molecule is Cc1ccc(CS(C)(=O)=Nc2c(C)nc3cc(-c4noc(C(F)(F)F)n4)ccn23)cc1. The van der Waals surface area contributed by atoms with Crippen LogP contribution in [0.3, 0.4) is 0 Å². The smallest absolute Gasteiger partial charge is 0.329 e. The van der Waals surface area contributed by atoms with Crippen molar-refractivity contribution in [2.75, 3.05) is 6.26 Å². The molecule has 1 unspecified atom stereocenters. The Balaban J connectivity index is 1.70. The molecule has 4 aromatic rings. The molecule has 31 heavy (non-hydrogen) atoms. The van der Waals surface area contributed by atoms with Crippen LogP contribution in [0.2, 0.25) is 0 Å². The van der Waals surface area contributed by atoms with Crippen LogP contribution in [0.15, 0.2) is 51.5 Å². The van der Waals surface area contributed by atoms with Gasteiger partial charge in [0.1, 0.15) is 5.65 Å². The zero-order valence-electron chi connectivity index (χ0n) is 16.8. The van der Waals surface area contributed by atoms with Gasteiger partial charge in [0, 0.05) is 18.0 Å². The zero-order valence-corrected chi connectivity index (χ0v) is 17.7. The van der Waals surface area contributed by atoms with E-state index in [1.54, 1.807) is 23.8 Å². The third-order valence-electron chi connectivity index (χ3n) is 4.53. The number of halogens is 3. The number of aromatic nitrogens is 4. The minimum absolute atomic E-state index is 0.201. The van der Waals surface area contributed by atoms with E-state index in [0.29, 0.717) is 22.7 Å². The average molecular weight is 449 g/mol. The predicted molar refractivity (Wildman–Crippen MR) is 109 cm³/mol. The Hall–Kier alpha value is -3.21. The van der Waals surface area contributed by atoms with E-state index in [-0.39, 0.29) is 11.6 Å². The number of alkyl halides is 3. The van der Waals surface area contributed by atoms with Gasteiger partial charge < -0.3 is 4.52 Å². The summed E-state index contributed by atoms with van der Waals surface area (Å²) >= 11 is 0. The second-order valence-corrected chi connectivity index (χ2v) is 9.66. The molecular formula is C20H18F3N5O2S. The minimum atomic E-state index is -4.72. The van der Waals surface area contributed by atoms with Crippen LogP contribution >= 0.6 is 0 Å². The number of benzene rings is 1. The Morgan fingerprint density at radius 3 is 2.48 bits per heavy atom. The summed E-state index contributed by atoms with van der Waals surface area (Å²) in [6, 6.07) is 10.8. The van der Waals surface area contributed by atoms with Gasteiger partial charge in [-0.3, -0.25) is 4.40 Å². The number of imidazole rings is 1. The van der Waals surface area contributed by atoms with Crippen molar-refractivity contribution in [3.63, 3.8) is 0 Å². The molecule has 1 atom stereocenters. The van der Waals surface area contributed by atoms with Gasteiger partial charge in [-0.1, -0.05) is 35.0 Å². The molecule has 7 nitrogen and oxygen atoms in total. The van der Waals surface area contributed by atoms with Gasteiger partial charge in [0.15, 0.2) is 5.82 Å². The average Bonchev–Trinajstić information content (AvgIpc) is 3.28. The van der Waals surface area contributed by atoms with Crippen molar-refractivity contribution in [2.45, 2.75) is 25.8 Å². The topological polar surface area (TPSA) is 85.6 Å². The summed E-state index contributed by atoms with van der Waals surface area (Å²) in [5, 5.41) is 3.39. The van der Waals surface area contributed by atoms with Crippen molar-refractivity contribution in [1.29, 1.82) is 0 Å². The number of rotatable bonds is 4. The van der Waals surface area contributed by atoms with Crippen LogP contribution in [-0.2, 0) is 21.7 Å². The lowest BCUT2D eigenvalue weighted by atomic mass is 10.2. The first-order valence-electron chi connectivity index (χ1n) is 9.17. The normalized spacial score (nSPS) is 14.0. The molecule has 0 N–H and O–H groups in total. The maximum absolute atomic E-state index is 13.1. The first kappa shape index (κ1) is 21.0. The Kier molecular flexibility index (Phi) is 5.08. The summed E-state index contributed by atoms with van der Waals surface area (Å²) in [5.74, 6) is -0.918. The van der Waals surface area contributed by atoms with Crippen LogP contribution in [0.25, 0.3) is 17.0 Å². The van der Waals surface area contributed by atoms with E-state index < -0.39 is 21.8 Å². The van der Waals surface area contributed by atoms with Crippen LogP contribution < -0.4 is 0 Å². The monoisotopic (exact) mass is 449 g/mol. The van der Waals surface area contributed by atoms with E-state index in [0.717, 1.165) is 11.1 Å². The lowest BCUT2D eigenvalue weighted by Crippen LogP contribution is -2.04. The number of hydrogen-bond acceptors (Lipinski definition) is 6. The minimum Gasteiger partial charge on any atom is -0.329 e. The van der Waals surface area contributed by atoms with Crippen LogP contribution in [0, 0.1) is 13.8 Å². The standard InChI is InChI=1S/C20H18F3N5O2S/c1-12-4-6-14(7-5-12)11-31(3,29)27-18-13(2)24-16-10-15(8-9-28(16)18)17-25-19(30-26-17)20(21,22)23/h4-10H,11H2,1-3H3. The molecule has 0 radical (unpaired) electrons. The number of fused-ring (bicyclic) bond motifs is 1. The van der Waals surface area contributed by atoms with Crippen LogP contribution in [0.4, 0.5) is 19.0 Å². The molecule has 3 aromatic heterocycles. The van der Waals surface area contributed by atoms with Crippen LogP contribution in [0.1, 0.15) is 22.7 Å². The lowest BCUT2D eigenvalue weighted by Gasteiger charge is -2.06. The number of hydrogen-bond donors (Lipinski definition) is 0. The van der Waals surface area contributed by atoms with Crippen molar-refractivity contribution in [3.8, 4) is 11.4 Å². The summed E-state index contributed by atoms with van der Waals surface area (Å²) in [7, 11) is -2.61. The number of nitrogens with zero attached hydrogens (tertiary/aromatic N) is 5. The summed E-state index contributed by atoms with van der Waals surface area (Å²) in [4.78, 5) is 7.78. The van der Waals surface area contributed by atoms with Crippen molar-refractivity contribution in [1.82, 2.24) is 19.5 Å². The summed E-state index contributed by atoms with van der Waals surface area (Å²) in [5.41, 5.74) is 3.28. The largest absolute Gasteiger partial charge is 0.471 e. The molecule has 0 fully saturated rings. The van der Waals surface area contributed by atoms with E-state index in [2.05, 4.69) is 24.0 Å².